The standard InChI is InChI=1S/C18H23NO2/c1-3-9-19-18(16-8-11-20-13(16)2)15-6-7-17-14(12-15)5-4-10-21-17/h6-8,11-12,18-19H,3-5,9-10H2,1-2H3. The highest BCUT2D eigenvalue weighted by molar-refractivity contribution is 5.42. The van der Waals surface area contributed by atoms with Crippen molar-refractivity contribution >= 4 is 0 Å². The normalized spacial score (nSPS) is 15.3. The molecule has 21 heavy (non-hydrogen) atoms. The molecular formula is C18H23NO2. The number of rotatable bonds is 5. The second-order valence-corrected chi connectivity index (χ2v) is 5.64. The Kier molecular flexibility index (Phi) is 4.30. The van der Waals surface area contributed by atoms with Crippen LogP contribution in [0.4, 0.5) is 0 Å². The molecule has 0 bridgehead atoms. The number of hydrogen-bond donors (Lipinski definition) is 1. The molecule has 1 atom stereocenters. The maximum Gasteiger partial charge on any atom is 0.122 e. The van der Waals surface area contributed by atoms with E-state index in [-0.39, 0.29) is 6.04 Å². The fourth-order valence-electron chi connectivity index (χ4n) is 2.95. The highest BCUT2D eigenvalue weighted by Gasteiger charge is 2.19. The summed E-state index contributed by atoms with van der Waals surface area (Å²) in [6, 6.07) is 8.83. The number of ether oxygens (including phenoxy) is 1. The van der Waals surface area contributed by atoms with E-state index in [2.05, 4.69) is 36.5 Å². The van der Waals surface area contributed by atoms with Gasteiger partial charge in [-0.1, -0.05) is 19.1 Å². The van der Waals surface area contributed by atoms with Gasteiger partial charge in [0.05, 0.1) is 18.9 Å². The number of hydrogen-bond acceptors (Lipinski definition) is 3. The van der Waals surface area contributed by atoms with Crippen molar-refractivity contribution in [2.45, 2.75) is 39.2 Å². The fourth-order valence-corrected chi connectivity index (χ4v) is 2.95. The van der Waals surface area contributed by atoms with Crippen LogP contribution in [0.15, 0.2) is 34.9 Å². The quantitative estimate of drug-likeness (QED) is 0.901. The Morgan fingerprint density at radius 3 is 2.95 bits per heavy atom. The van der Waals surface area contributed by atoms with Crippen LogP contribution in [0.3, 0.4) is 0 Å². The minimum Gasteiger partial charge on any atom is -0.493 e. The maximum absolute atomic E-state index is 5.71. The summed E-state index contributed by atoms with van der Waals surface area (Å²) in [5.74, 6) is 2.03. The first-order valence-corrected chi connectivity index (χ1v) is 7.82. The van der Waals surface area contributed by atoms with Crippen molar-refractivity contribution in [1.29, 1.82) is 0 Å². The average molecular weight is 285 g/mol. The molecule has 2 aromatic rings. The van der Waals surface area contributed by atoms with Gasteiger partial charge in [0.2, 0.25) is 0 Å². The van der Waals surface area contributed by atoms with Gasteiger partial charge in [0, 0.05) is 5.56 Å². The number of benzene rings is 1. The lowest BCUT2D eigenvalue weighted by molar-refractivity contribution is 0.288. The van der Waals surface area contributed by atoms with E-state index in [9.17, 15) is 0 Å². The molecule has 1 N–H and O–H groups in total. The Balaban J connectivity index is 1.94. The fraction of sp³-hybridized carbons (Fsp3) is 0.444. The smallest absolute Gasteiger partial charge is 0.122 e. The number of aryl methyl sites for hydroxylation is 2. The molecule has 0 saturated carbocycles. The van der Waals surface area contributed by atoms with E-state index < -0.39 is 0 Å². The van der Waals surface area contributed by atoms with Crippen molar-refractivity contribution in [3.8, 4) is 5.75 Å². The second-order valence-electron chi connectivity index (χ2n) is 5.64. The van der Waals surface area contributed by atoms with Crippen molar-refractivity contribution in [2.24, 2.45) is 0 Å². The number of furan rings is 1. The Labute approximate surface area is 126 Å². The lowest BCUT2D eigenvalue weighted by atomic mass is 9.95. The summed E-state index contributed by atoms with van der Waals surface area (Å²) in [4.78, 5) is 0. The summed E-state index contributed by atoms with van der Waals surface area (Å²) in [6.45, 7) is 6.04. The first-order chi connectivity index (χ1) is 10.3. The van der Waals surface area contributed by atoms with Gasteiger partial charge < -0.3 is 14.5 Å². The zero-order valence-electron chi connectivity index (χ0n) is 12.8. The van der Waals surface area contributed by atoms with E-state index in [1.54, 1.807) is 6.26 Å². The Morgan fingerprint density at radius 2 is 2.19 bits per heavy atom. The van der Waals surface area contributed by atoms with Gasteiger partial charge in [0.15, 0.2) is 0 Å². The van der Waals surface area contributed by atoms with Gasteiger partial charge in [-0.25, -0.2) is 0 Å². The highest BCUT2D eigenvalue weighted by atomic mass is 16.5. The molecule has 0 fully saturated rings. The predicted molar refractivity (Wildman–Crippen MR) is 83.8 cm³/mol. The van der Waals surface area contributed by atoms with Crippen molar-refractivity contribution in [1.82, 2.24) is 5.32 Å². The summed E-state index contributed by atoms with van der Waals surface area (Å²) < 4.78 is 11.2. The molecule has 0 spiro atoms. The van der Waals surface area contributed by atoms with Crippen LogP contribution >= 0.6 is 0 Å². The van der Waals surface area contributed by atoms with Crippen LogP contribution in [0.1, 0.15) is 48.3 Å². The van der Waals surface area contributed by atoms with E-state index >= 15 is 0 Å². The second kappa shape index (κ2) is 6.35. The van der Waals surface area contributed by atoms with Crippen LogP contribution in [0.25, 0.3) is 0 Å². The van der Waals surface area contributed by atoms with Crippen molar-refractivity contribution in [3.63, 3.8) is 0 Å². The Hall–Kier alpha value is -1.74. The predicted octanol–water partition coefficient (Wildman–Crippen LogP) is 4.00. The molecule has 1 aliphatic heterocycles. The van der Waals surface area contributed by atoms with Crippen LogP contribution in [0, 0.1) is 6.92 Å². The number of fused-ring (bicyclic) bond motifs is 1. The van der Waals surface area contributed by atoms with E-state index in [4.69, 9.17) is 9.15 Å². The van der Waals surface area contributed by atoms with E-state index in [0.29, 0.717) is 0 Å². The zero-order valence-corrected chi connectivity index (χ0v) is 12.8. The SMILES string of the molecule is CCCNC(c1ccc2c(c1)CCCO2)c1ccoc1C. The minimum absolute atomic E-state index is 0.191. The summed E-state index contributed by atoms with van der Waals surface area (Å²) in [5.41, 5.74) is 3.83. The Bertz CT molecular complexity index is 603. The first-order valence-electron chi connectivity index (χ1n) is 7.82. The van der Waals surface area contributed by atoms with Gasteiger partial charge in [-0.2, -0.15) is 0 Å². The largest absolute Gasteiger partial charge is 0.493 e. The Morgan fingerprint density at radius 1 is 1.29 bits per heavy atom. The van der Waals surface area contributed by atoms with E-state index in [1.165, 1.54) is 16.7 Å². The average Bonchev–Trinajstić information content (AvgIpc) is 2.94. The summed E-state index contributed by atoms with van der Waals surface area (Å²) in [7, 11) is 0. The molecule has 1 aromatic carbocycles. The third-order valence-electron chi connectivity index (χ3n) is 4.07. The summed E-state index contributed by atoms with van der Waals surface area (Å²) in [5, 5.41) is 3.63. The molecule has 0 amide bonds. The third-order valence-corrected chi connectivity index (χ3v) is 4.07. The summed E-state index contributed by atoms with van der Waals surface area (Å²) in [6.07, 6.45) is 5.09. The van der Waals surface area contributed by atoms with Crippen LogP contribution in [-0.4, -0.2) is 13.2 Å². The van der Waals surface area contributed by atoms with Crippen LogP contribution in [-0.2, 0) is 6.42 Å². The first kappa shape index (κ1) is 14.2. The highest BCUT2D eigenvalue weighted by Crippen LogP contribution is 2.31. The van der Waals surface area contributed by atoms with Crippen LogP contribution < -0.4 is 10.1 Å². The lowest BCUT2D eigenvalue weighted by Gasteiger charge is -2.22. The lowest BCUT2D eigenvalue weighted by Crippen LogP contribution is -2.23. The molecule has 3 heteroatoms. The molecular weight excluding hydrogens is 262 g/mol. The van der Waals surface area contributed by atoms with Gasteiger partial charge in [0.1, 0.15) is 11.5 Å². The number of nitrogens with one attached hydrogen (secondary N) is 1. The molecule has 1 unspecified atom stereocenters. The monoisotopic (exact) mass is 285 g/mol. The van der Waals surface area contributed by atoms with Gasteiger partial charge in [-0.3, -0.25) is 0 Å². The van der Waals surface area contributed by atoms with Gasteiger partial charge >= 0.3 is 0 Å². The van der Waals surface area contributed by atoms with E-state index in [1.807, 2.05) is 6.92 Å². The van der Waals surface area contributed by atoms with Crippen LogP contribution in [0.5, 0.6) is 5.75 Å². The van der Waals surface area contributed by atoms with Crippen molar-refractivity contribution < 1.29 is 9.15 Å². The molecule has 0 aliphatic carbocycles. The molecule has 0 saturated heterocycles. The topological polar surface area (TPSA) is 34.4 Å². The third kappa shape index (κ3) is 2.98. The molecule has 3 nitrogen and oxygen atoms in total. The van der Waals surface area contributed by atoms with Gasteiger partial charge in [-0.05, 0) is 56.0 Å². The van der Waals surface area contributed by atoms with Gasteiger partial charge in [0.25, 0.3) is 0 Å². The van der Waals surface area contributed by atoms with Crippen molar-refractivity contribution in [3.05, 3.63) is 53.0 Å². The van der Waals surface area contributed by atoms with Crippen molar-refractivity contribution in [2.75, 3.05) is 13.2 Å². The van der Waals surface area contributed by atoms with Crippen LogP contribution in [0.2, 0.25) is 0 Å². The molecule has 1 aromatic heterocycles. The maximum atomic E-state index is 5.71. The van der Waals surface area contributed by atoms with E-state index in [0.717, 1.165) is 43.9 Å². The minimum atomic E-state index is 0.191. The molecule has 112 valence electrons. The summed E-state index contributed by atoms with van der Waals surface area (Å²) >= 11 is 0. The molecule has 3 rings (SSSR count). The molecule has 1 aliphatic rings. The zero-order chi connectivity index (χ0) is 14.7. The van der Waals surface area contributed by atoms with Gasteiger partial charge in [-0.15, -0.1) is 0 Å². The molecule has 0 radical (unpaired) electrons. The molecule has 2 heterocycles.